The fourth-order valence-corrected chi connectivity index (χ4v) is 1.66. The van der Waals surface area contributed by atoms with Crippen LogP contribution in [-0.2, 0) is 0 Å². The maximum atomic E-state index is 9.81. The van der Waals surface area contributed by atoms with Gasteiger partial charge in [0.1, 0.15) is 6.61 Å². The van der Waals surface area contributed by atoms with Crippen LogP contribution in [0.5, 0.6) is 5.75 Å². The Kier molecular flexibility index (Phi) is 4.84. The van der Waals surface area contributed by atoms with Gasteiger partial charge in [0.15, 0.2) is 16.1 Å². The molecular weight excluding hydrogens is 286 g/mol. The van der Waals surface area contributed by atoms with Gasteiger partial charge in [0.05, 0.1) is 6.10 Å². The maximum Gasteiger partial charge on any atom is 0.225 e. The Morgan fingerprint density at radius 1 is 1.18 bits per heavy atom. The summed E-state index contributed by atoms with van der Waals surface area (Å²) in [5, 5.41) is 9.80. The molecule has 4 nitrogen and oxygen atoms in total. The second-order valence-corrected chi connectivity index (χ2v) is 5.65. The molecule has 1 atom stereocenters. The summed E-state index contributed by atoms with van der Waals surface area (Å²) in [5.41, 5.74) is -0.299. The molecule has 0 aliphatic heterocycles. The van der Waals surface area contributed by atoms with Crippen molar-refractivity contribution in [3.8, 4) is 5.75 Å². The minimum atomic E-state index is -0.662. The number of hydrogen-bond acceptors (Lipinski definition) is 4. The van der Waals surface area contributed by atoms with Gasteiger partial charge in [-0.3, -0.25) is 0 Å². The molecule has 0 bridgehead atoms. The lowest BCUT2D eigenvalue weighted by molar-refractivity contribution is 0.0217. The second kappa shape index (κ2) is 5.57. The summed E-state index contributed by atoms with van der Waals surface area (Å²) in [6.45, 7) is 5.72. The van der Waals surface area contributed by atoms with Gasteiger partial charge in [-0.1, -0.05) is 44.0 Å². The Hall–Kier alpha value is -0.290. The van der Waals surface area contributed by atoms with E-state index in [9.17, 15) is 5.11 Å². The van der Waals surface area contributed by atoms with Crippen LogP contribution in [0.2, 0.25) is 15.6 Å². The summed E-state index contributed by atoms with van der Waals surface area (Å²) in [6, 6.07) is 0. The van der Waals surface area contributed by atoms with Crippen LogP contribution in [0.1, 0.15) is 20.8 Å². The first-order valence-corrected chi connectivity index (χ1v) is 6.04. The zero-order chi connectivity index (χ0) is 13.2. The van der Waals surface area contributed by atoms with Crippen LogP contribution in [0.4, 0.5) is 0 Å². The van der Waals surface area contributed by atoms with Crippen LogP contribution in [0.15, 0.2) is 0 Å². The average molecular weight is 300 g/mol. The lowest BCUT2D eigenvalue weighted by Crippen LogP contribution is -2.32. The number of ether oxygens (including phenoxy) is 1. The number of aliphatic hydroxyl groups is 1. The first-order valence-electron chi connectivity index (χ1n) is 4.91. The lowest BCUT2D eigenvalue weighted by Gasteiger charge is -2.25. The Labute approximate surface area is 115 Å². The molecule has 0 saturated heterocycles. The molecule has 0 fully saturated rings. The summed E-state index contributed by atoms with van der Waals surface area (Å²) in [4.78, 5) is 7.41. The normalized spacial score (nSPS) is 13.6. The Bertz CT molecular complexity index is 384. The molecule has 17 heavy (non-hydrogen) atoms. The van der Waals surface area contributed by atoms with Crippen LogP contribution in [0.25, 0.3) is 0 Å². The van der Waals surface area contributed by atoms with Crippen molar-refractivity contribution in [3.63, 3.8) is 0 Å². The van der Waals surface area contributed by atoms with Crippen LogP contribution in [-0.4, -0.2) is 27.8 Å². The highest BCUT2D eigenvalue weighted by molar-refractivity contribution is 6.37. The molecule has 0 aliphatic rings. The van der Waals surface area contributed by atoms with Crippen molar-refractivity contribution in [2.45, 2.75) is 26.9 Å². The fourth-order valence-electron chi connectivity index (χ4n) is 0.905. The molecular formula is C10H13Cl3N2O2. The van der Waals surface area contributed by atoms with E-state index in [1.165, 1.54) is 0 Å². The molecule has 0 aromatic carbocycles. The van der Waals surface area contributed by atoms with E-state index in [0.29, 0.717) is 0 Å². The summed E-state index contributed by atoms with van der Waals surface area (Å²) in [6.07, 6.45) is -0.662. The van der Waals surface area contributed by atoms with E-state index in [1.54, 1.807) is 0 Å². The number of halogens is 3. The van der Waals surface area contributed by atoms with Gasteiger partial charge in [-0.25, -0.2) is 9.97 Å². The van der Waals surface area contributed by atoms with Crippen molar-refractivity contribution >= 4 is 34.8 Å². The largest absolute Gasteiger partial charge is 0.485 e. The highest BCUT2D eigenvalue weighted by Crippen LogP contribution is 2.31. The van der Waals surface area contributed by atoms with Crippen molar-refractivity contribution in [1.29, 1.82) is 0 Å². The predicted octanol–water partition coefficient (Wildman–Crippen LogP) is 3.22. The maximum absolute atomic E-state index is 9.81. The smallest absolute Gasteiger partial charge is 0.225 e. The minimum Gasteiger partial charge on any atom is -0.485 e. The van der Waals surface area contributed by atoms with Crippen molar-refractivity contribution in [1.82, 2.24) is 9.97 Å². The zero-order valence-electron chi connectivity index (χ0n) is 9.67. The standard InChI is InChI=1S/C10H13Cl3N2O2/c1-10(2,3)5(16)4-17-6-7(11)14-9(13)15-8(6)12/h5,16H,4H2,1-3H3. The number of nitrogens with zero attached hydrogens (tertiary/aromatic N) is 2. The van der Waals surface area contributed by atoms with Gasteiger partial charge in [-0.15, -0.1) is 0 Å². The van der Waals surface area contributed by atoms with Crippen molar-refractivity contribution in [2.75, 3.05) is 6.61 Å². The van der Waals surface area contributed by atoms with Crippen LogP contribution >= 0.6 is 34.8 Å². The molecule has 0 aliphatic carbocycles. The molecule has 0 saturated carbocycles. The summed E-state index contributed by atoms with van der Waals surface area (Å²) < 4.78 is 5.31. The summed E-state index contributed by atoms with van der Waals surface area (Å²) >= 11 is 17.2. The molecule has 0 amide bonds. The first-order chi connectivity index (χ1) is 7.71. The second-order valence-electron chi connectivity index (χ2n) is 4.60. The predicted molar refractivity (Wildman–Crippen MR) is 68.0 cm³/mol. The summed E-state index contributed by atoms with van der Waals surface area (Å²) in [7, 11) is 0. The van der Waals surface area contributed by atoms with Gasteiger partial charge >= 0.3 is 0 Å². The van der Waals surface area contributed by atoms with Gasteiger partial charge in [0.25, 0.3) is 0 Å². The summed E-state index contributed by atoms with van der Waals surface area (Å²) in [5.74, 6) is 0.126. The minimum absolute atomic E-state index is 0.0242. The molecule has 0 spiro atoms. The average Bonchev–Trinajstić information content (AvgIpc) is 2.13. The molecule has 0 radical (unpaired) electrons. The zero-order valence-corrected chi connectivity index (χ0v) is 11.9. The van der Waals surface area contributed by atoms with E-state index in [4.69, 9.17) is 39.5 Å². The van der Waals surface area contributed by atoms with Gasteiger partial charge in [0.2, 0.25) is 5.28 Å². The Morgan fingerprint density at radius 2 is 1.65 bits per heavy atom. The third-order valence-corrected chi connectivity index (χ3v) is 2.82. The molecule has 96 valence electrons. The Morgan fingerprint density at radius 3 is 2.06 bits per heavy atom. The molecule has 1 aromatic rings. The third-order valence-electron chi connectivity index (χ3n) is 2.14. The SMILES string of the molecule is CC(C)(C)C(O)COc1c(Cl)nc(Cl)nc1Cl. The molecule has 1 heterocycles. The van der Waals surface area contributed by atoms with E-state index in [2.05, 4.69) is 9.97 Å². The fraction of sp³-hybridized carbons (Fsp3) is 0.600. The molecule has 1 rings (SSSR count). The van der Waals surface area contributed by atoms with E-state index >= 15 is 0 Å². The van der Waals surface area contributed by atoms with Crippen molar-refractivity contribution < 1.29 is 9.84 Å². The monoisotopic (exact) mass is 298 g/mol. The van der Waals surface area contributed by atoms with Crippen LogP contribution in [0.3, 0.4) is 0 Å². The number of rotatable bonds is 3. The number of hydrogen-bond donors (Lipinski definition) is 1. The van der Waals surface area contributed by atoms with Gasteiger partial charge < -0.3 is 9.84 Å². The first kappa shape index (κ1) is 14.8. The number of aromatic nitrogens is 2. The van der Waals surface area contributed by atoms with E-state index in [0.717, 1.165) is 0 Å². The highest BCUT2D eigenvalue weighted by atomic mass is 35.5. The van der Waals surface area contributed by atoms with Crippen LogP contribution in [0, 0.1) is 5.41 Å². The molecule has 7 heteroatoms. The molecule has 1 unspecified atom stereocenters. The Balaban J connectivity index is 2.77. The van der Waals surface area contributed by atoms with Gasteiger partial charge in [0, 0.05) is 0 Å². The van der Waals surface area contributed by atoms with Crippen molar-refractivity contribution in [2.24, 2.45) is 5.41 Å². The molecule has 1 aromatic heterocycles. The highest BCUT2D eigenvalue weighted by Gasteiger charge is 2.24. The van der Waals surface area contributed by atoms with E-state index in [-0.39, 0.29) is 33.4 Å². The quantitative estimate of drug-likeness (QED) is 0.688. The van der Waals surface area contributed by atoms with Gasteiger partial charge in [-0.2, -0.15) is 0 Å². The van der Waals surface area contributed by atoms with Crippen molar-refractivity contribution in [3.05, 3.63) is 15.6 Å². The topological polar surface area (TPSA) is 55.2 Å². The van der Waals surface area contributed by atoms with E-state index < -0.39 is 6.10 Å². The third kappa shape index (κ3) is 4.14. The van der Waals surface area contributed by atoms with Gasteiger partial charge in [-0.05, 0) is 17.0 Å². The molecule has 1 N–H and O–H groups in total. The lowest BCUT2D eigenvalue weighted by atomic mass is 9.90. The number of aliphatic hydroxyl groups excluding tert-OH is 1. The van der Waals surface area contributed by atoms with E-state index in [1.807, 2.05) is 20.8 Å². The van der Waals surface area contributed by atoms with Crippen LogP contribution < -0.4 is 4.74 Å².